The molecule has 0 bridgehead atoms. The number of likely N-dealkylation sites (N-methyl/N-ethyl adjacent to an activating group) is 1. The van der Waals surface area contributed by atoms with Gasteiger partial charge in [0.2, 0.25) is 5.96 Å². The van der Waals surface area contributed by atoms with Crippen molar-refractivity contribution in [2.45, 2.75) is 0 Å². The zero-order valence-electron chi connectivity index (χ0n) is 11.2. The van der Waals surface area contributed by atoms with E-state index in [1.54, 1.807) is 12.1 Å². The zero-order chi connectivity index (χ0) is 14.3. The number of benzene rings is 1. The SMILES string of the molecule is CN(C)CCOc1cccc(N=C(N)N=C(N)N)c1. The predicted octanol–water partition coefficient (Wildman–Crippen LogP) is -0.153. The van der Waals surface area contributed by atoms with Crippen molar-refractivity contribution in [1.29, 1.82) is 0 Å². The average Bonchev–Trinajstić information content (AvgIpc) is 2.27. The van der Waals surface area contributed by atoms with Crippen LogP contribution in [0.4, 0.5) is 5.69 Å². The highest BCUT2D eigenvalue weighted by Crippen LogP contribution is 2.19. The fraction of sp³-hybridized carbons (Fsp3) is 0.333. The molecule has 0 unspecified atom stereocenters. The molecule has 0 atom stereocenters. The van der Waals surface area contributed by atoms with Crippen molar-refractivity contribution in [3.8, 4) is 5.75 Å². The number of nitrogens with zero attached hydrogens (tertiary/aromatic N) is 3. The number of guanidine groups is 2. The number of aliphatic imine (C=N–C) groups is 2. The number of hydrogen-bond acceptors (Lipinski definition) is 3. The minimum atomic E-state index is -0.125. The van der Waals surface area contributed by atoms with Gasteiger partial charge in [0, 0.05) is 12.6 Å². The van der Waals surface area contributed by atoms with E-state index < -0.39 is 0 Å². The summed E-state index contributed by atoms with van der Waals surface area (Å²) in [5.41, 5.74) is 16.6. The molecular weight excluding hydrogens is 244 g/mol. The second-order valence-electron chi connectivity index (χ2n) is 4.16. The van der Waals surface area contributed by atoms with E-state index in [4.69, 9.17) is 21.9 Å². The largest absolute Gasteiger partial charge is 0.492 e. The lowest BCUT2D eigenvalue weighted by atomic mass is 10.3. The maximum atomic E-state index is 5.58. The minimum absolute atomic E-state index is 0.00504. The number of nitrogens with two attached hydrogens (primary N) is 3. The summed E-state index contributed by atoms with van der Waals surface area (Å²) in [5.74, 6) is 0.602. The van der Waals surface area contributed by atoms with Gasteiger partial charge >= 0.3 is 0 Å². The van der Waals surface area contributed by atoms with Gasteiger partial charge in [0.1, 0.15) is 12.4 Å². The van der Waals surface area contributed by atoms with Crippen molar-refractivity contribution in [3.05, 3.63) is 24.3 Å². The molecule has 7 heteroatoms. The van der Waals surface area contributed by atoms with E-state index in [2.05, 4.69) is 9.98 Å². The molecule has 0 aliphatic carbocycles. The van der Waals surface area contributed by atoms with Crippen LogP contribution < -0.4 is 21.9 Å². The van der Waals surface area contributed by atoms with Crippen molar-refractivity contribution >= 4 is 17.6 Å². The Kier molecular flexibility index (Phi) is 5.62. The molecule has 7 nitrogen and oxygen atoms in total. The molecular formula is C12H20N6O. The molecule has 1 aromatic rings. The van der Waals surface area contributed by atoms with Gasteiger partial charge in [-0.05, 0) is 26.2 Å². The molecule has 0 saturated carbocycles. The normalized spacial score (nSPS) is 11.4. The van der Waals surface area contributed by atoms with Crippen LogP contribution in [0.1, 0.15) is 0 Å². The molecule has 104 valence electrons. The van der Waals surface area contributed by atoms with E-state index in [9.17, 15) is 0 Å². The van der Waals surface area contributed by atoms with E-state index in [1.165, 1.54) is 0 Å². The van der Waals surface area contributed by atoms with Crippen LogP contribution in [0.5, 0.6) is 5.75 Å². The lowest BCUT2D eigenvalue weighted by Crippen LogP contribution is -2.26. The fourth-order valence-electron chi connectivity index (χ4n) is 1.28. The topological polar surface area (TPSA) is 115 Å². The summed E-state index contributed by atoms with van der Waals surface area (Å²) in [6.07, 6.45) is 0. The zero-order valence-corrected chi connectivity index (χ0v) is 11.2. The van der Waals surface area contributed by atoms with Gasteiger partial charge in [0.25, 0.3) is 0 Å². The summed E-state index contributed by atoms with van der Waals surface area (Å²) in [7, 11) is 3.97. The summed E-state index contributed by atoms with van der Waals surface area (Å²) in [4.78, 5) is 9.74. The summed E-state index contributed by atoms with van der Waals surface area (Å²) >= 11 is 0. The van der Waals surface area contributed by atoms with E-state index in [0.29, 0.717) is 12.3 Å². The van der Waals surface area contributed by atoms with Gasteiger partial charge in [-0.25, -0.2) is 4.99 Å². The highest BCUT2D eigenvalue weighted by molar-refractivity contribution is 5.93. The highest BCUT2D eigenvalue weighted by Gasteiger charge is 1.98. The fourth-order valence-corrected chi connectivity index (χ4v) is 1.28. The Morgan fingerprint density at radius 1 is 1.26 bits per heavy atom. The third-order valence-corrected chi connectivity index (χ3v) is 2.11. The van der Waals surface area contributed by atoms with Crippen LogP contribution in [-0.2, 0) is 0 Å². The molecule has 0 aliphatic rings. The Hall–Kier alpha value is -2.28. The molecule has 1 aromatic carbocycles. The number of rotatable bonds is 5. The Balaban J connectivity index is 2.69. The van der Waals surface area contributed by atoms with Crippen molar-refractivity contribution in [3.63, 3.8) is 0 Å². The number of hydrogen-bond donors (Lipinski definition) is 3. The summed E-state index contributed by atoms with van der Waals surface area (Å²) < 4.78 is 5.58. The molecule has 6 N–H and O–H groups in total. The smallest absolute Gasteiger partial charge is 0.223 e. The molecule has 0 radical (unpaired) electrons. The van der Waals surface area contributed by atoms with E-state index in [-0.39, 0.29) is 11.9 Å². The first-order valence-electron chi connectivity index (χ1n) is 5.79. The Morgan fingerprint density at radius 2 is 2.00 bits per heavy atom. The average molecular weight is 264 g/mol. The minimum Gasteiger partial charge on any atom is -0.492 e. The number of ether oxygens (including phenoxy) is 1. The second-order valence-corrected chi connectivity index (χ2v) is 4.16. The van der Waals surface area contributed by atoms with Crippen LogP contribution in [0, 0.1) is 0 Å². The Bertz CT molecular complexity index is 465. The van der Waals surface area contributed by atoms with Gasteiger partial charge in [-0.15, -0.1) is 0 Å². The molecule has 0 spiro atoms. The van der Waals surface area contributed by atoms with Crippen molar-refractivity contribution in [2.75, 3.05) is 27.2 Å². The molecule has 0 saturated heterocycles. The molecule has 0 heterocycles. The van der Waals surface area contributed by atoms with Crippen LogP contribution in [0.2, 0.25) is 0 Å². The quantitative estimate of drug-likeness (QED) is 0.505. The van der Waals surface area contributed by atoms with Crippen molar-refractivity contribution < 1.29 is 4.74 Å². The Labute approximate surface area is 112 Å². The van der Waals surface area contributed by atoms with Gasteiger partial charge in [-0.3, -0.25) is 0 Å². The molecule has 0 aliphatic heterocycles. The predicted molar refractivity (Wildman–Crippen MR) is 77.6 cm³/mol. The summed E-state index contributed by atoms with van der Waals surface area (Å²) in [6, 6.07) is 7.23. The first-order chi connectivity index (χ1) is 8.97. The first kappa shape index (κ1) is 14.8. The maximum absolute atomic E-state index is 5.58. The lowest BCUT2D eigenvalue weighted by molar-refractivity contribution is 0.261. The van der Waals surface area contributed by atoms with Crippen LogP contribution in [0.3, 0.4) is 0 Å². The van der Waals surface area contributed by atoms with Crippen LogP contribution >= 0.6 is 0 Å². The van der Waals surface area contributed by atoms with Gasteiger partial charge in [-0.1, -0.05) is 6.07 Å². The standard InChI is InChI=1S/C12H20N6O/c1-18(2)6-7-19-10-5-3-4-9(8-10)16-12(15)17-11(13)14/h3-5,8H,6-7H2,1-2H3,(H6,13,14,15,16,17). The third kappa shape index (κ3) is 6.27. The second kappa shape index (κ2) is 7.22. The molecule has 19 heavy (non-hydrogen) atoms. The van der Waals surface area contributed by atoms with Crippen LogP contribution in [-0.4, -0.2) is 44.1 Å². The third-order valence-electron chi connectivity index (χ3n) is 2.11. The molecule has 1 rings (SSSR count). The maximum Gasteiger partial charge on any atom is 0.223 e. The first-order valence-corrected chi connectivity index (χ1v) is 5.79. The monoisotopic (exact) mass is 264 g/mol. The highest BCUT2D eigenvalue weighted by atomic mass is 16.5. The van der Waals surface area contributed by atoms with Crippen molar-refractivity contribution in [2.24, 2.45) is 27.2 Å². The Morgan fingerprint density at radius 3 is 2.63 bits per heavy atom. The van der Waals surface area contributed by atoms with Gasteiger partial charge < -0.3 is 26.8 Å². The van der Waals surface area contributed by atoms with E-state index in [0.717, 1.165) is 12.3 Å². The molecule has 0 amide bonds. The molecule has 0 aromatic heterocycles. The van der Waals surface area contributed by atoms with E-state index in [1.807, 2.05) is 31.1 Å². The van der Waals surface area contributed by atoms with Gasteiger partial charge in [-0.2, -0.15) is 4.99 Å². The van der Waals surface area contributed by atoms with Crippen LogP contribution in [0.25, 0.3) is 0 Å². The van der Waals surface area contributed by atoms with Gasteiger partial charge in [0.05, 0.1) is 5.69 Å². The van der Waals surface area contributed by atoms with Gasteiger partial charge in [0.15, 0.2) is 5.96 Å². The molecule has 0 fully saturated rings. The summed E-state index contributed by atoms with van der Waals surface area (Å²) in [5, 5.41) is 0. The van der Waals surface area contributed by atoms with Crippen molar-refractivity contribution in [1.82, 2.24) is 4.90 Å². The van der Waals surface area contributed by atoms with E-state index >= 15 is 0 Å². The van der Waals surface area contributed by atoms with Crippen LogP contribution in [0.15, 0.2) is 34.3 Å². The summed E-state index contributed by atoms with van der Waals surface area (Å²) in [6.45, 7) is 1.44. The lowest BCUT2D eigenvalue weighted by Gasteiger charge is -2.11.